The number of piperidine rings is 1. The zero-order valence-corrected chi connectivity index (χ0v) is 17.8. The lowest BCUT2D eigenvalue weighted by molar-refractivity contribution is -0.153. The van der Waals surface area contributed by atoms with E-state index in [1.807, 2.05) is 13.8 Å². The summed E-state index contributed by atoms with van der Waals surface area (Å²) in [5, 5.41) is 2.72. The molecule has 2 rings (SSSR count). The quantitative estimate of drug-likeness (QED) is 0.503. The summed E-state index contributed by atoms with van der Waals surface area (Å²) in [7, 11) is -3.74. The molecular weight excluding hydrogens is 396 g/mol. The minimum Gasteiger partial charge on any atom is -0.455 e. The molecule has 1 aromatic carbocycles. The number of carbonyl (C=O) groups excluding carboxylic acids is 3. The molecule has 1 fully saturated rings. The van der Waals surface area contributed by atoms with Crippen LogP contribution in [0.2, 0.25) is 0 Å². The standard InChI is InChI=1S/C20H28N2O6S/c1-4-14(2)21-19(24)13-28-20(25)16-8-10-22(11-9-16)29(26,27)18-7-5-6-17(12-18)15(3)23/h5-7,12,14,16H,4,8-11,13H2,1-3H3,(H,21,24)/t14-/m1/s1. The molecular formula is C20H28N2O6S. The van der Waals surface area contributed by atoms with Crippen LogP contribution in [0, 0.1) is 5.92 Å². The lowest BCUT2D eigenvalue weighted by Gasteiger charge is -2.30. The number of rotatable bonds is 8. The number of ketones is 1. The van der Waals surface area contributed by atoms with Gasteiger partial charge in [-0.05, 0) is 45.2 Å². The van der Waals surface area contributed by atoms with Crippen molar-refractivity contribution in [2.45, 2.75) is 51.0 Å². The molecule has 29 heavy (non-hydrogen) atoms. The predicted octanol–water partition coefficient (Wildman–Crippen LogP) is 1.75. The Morgan fingerprint density at radius 2 is 1.90 bits per heavy atom. The molecule has 1 saturated heterocycles. The molecule has 8 nitrogen and oxygen atoms in total. The summed E-state index contributed by atoms with van der Waals surface area (Å²) < 4.78 is 32.1. The molecule has 1 aromatic rings. The SMILES string of the molecule is CC[C@@H](C)NC(=O)COC(=O)C1CCN(S(=O)(=O)c2cccc(C(C)=O)c2)CC1. The van der Waals surface area contributed by atoms with Crippen molar-refractivity contribution >= 4 is 27.7 Å². The lowest BCUT2D eigenvalue weighted by Crippen LogP contribution is -2.41. The van der Waals surface area contributed by atoms with Crippen molar-refractivity contribution in [1.29, 1.82) is 0 Å². The smallest absolute Gasteiger partial charge is 0.309 e. The number of hydrogen-bond acceptors (Lipinski definition) is 6. The van der Waals surface area contributed by atoms with Crippen molar-refractivity contribution in [3.63, 3.8) is 0 Å². The maximum Gasteiger partial charge on any atom is 0.309 e. The maximum atomic E-state index is 12.8. The Bertz CT molecular complexity index is 859. The largest absolute Gasteiger partial charge is 0.455 e. The molecule has 1 aliphatic heterocycles. The fraction of sp³-hybridized carbons (Fsp3) is 0.550. The first-order valence-electron chi connectivity index (χ1n) is 9.72. The number of benzene rings is 1. The zero-order chi connectivity index (χ0) is 21.6. The average molecular weight is 425 g/mol. The van der Waals surface area contributed by atoms with Crippen LogP contribution in [0.25, 0.3) is 0 Å². The van der Waals surface area contributed by atoms with E-state index in [0.29, 0.717) is 18.4 Å². The van der Waals surface area contributed by atoms with Gasteiger partial charge in [0.05, 0.1) is 10.8 Å². The monoisotopic (exact) mass is 424 g/mol. The van der Waals surface area contributed by atoms with Gasteiger partial charge >= 0.3 is 5.97 Å². The van der Waals surface area contributed by atoms with Crippen LogP contribution in [-0.4, -0.2) is 56.1 Å². The van der Waals surface area contributed by atoms with Gasteiger partial charge in [-0.25, -0.2) is 8.42 Å². The summed E-state index contributed by atoms with van der Waals surface area (Å²) in [6.07, 6.45) is 1.41. The topological polar surface area (TPSA) is 110 Å². The van der Waals surface area contributed by atoms with E-state index in [-0.39, 0.29) is 42.3 Å². The minimum atomic E-state index is -3.74. The number of ether oxygens (including phenoxy) is 1. The number of carbonyl (C=O) groups is 3. The van der Waals surface area contributed by atoms with Crippen LogP contribution in [0.15, 0.2) is 29.2 Å². The fourth-order valence-electron chi connectivity index (χ4n) is 3.03. The average Bonchev–Trinajstić information content (AvgIpc) is 2.72. The number of Topliss-reactive ketones (excluding diaryl/α,β-unsaturated/α-hetero) is 1. The van der Waals surface area contributed by atoms with Gasteiger partial charge in [-0.3, -0.25) is 14.4 Å². The molecule has 1 amide bonds. The highest BCUT2D eigenvalue weighted by atomic mass is 32.2. The third kappa shape index (κ3) is 6.11. The van der Waals surface area contributed by atoms with E-state index in [9.17, 15) is 22.8 Å². The molecule has 0 saturated carbocycles. The number of esters is 1. The van der Waals surface area contributed by atoms with Crippen molar-refractivity contribution in [1.82, 2.24) is 9.62 Å². The molecule has 9 heteroatoms. The Kier molecular flexibility index (Phi) is 7.92. The second-order valence-electron chi connectivity index (χ2n) is 7.25. The van der Waals surface area contributed by atoms with Crippen LogP contribution in [0.1, 0.15) is 50.4 Å². The minimum absolute atomic E-state index is 0.0103. The lowest BCUT2D eigenvalue weighted by atomic mass is 9.98. The second kappa shape index (κ2) is 9.98. The van der Waals surface area contributed by atoms with Gasteiger partial charge < -0.3 is 10.1 Å². The summed E-state index contributed by atoms with van der Waals surface area (Å²) >= 11 is 0. The number of nitrogens with one attached hydrogen (secondary N) is 1. The molecule has 160 valence electrons. The molecule has 0 radical (unpaired) electrons. The van der Waals surface area contributed by atoms with E-state index in [1.165, 1.54) is 29.4 Å². The van der Waals surface area contributed by atoms with Gasteiger partial charge in [-0.2, -0.15) is 4.31 Å². The molecule has 1 aliphatic rings. The summed E-state index contributed by atoms with van der Waals surface area (Å²) in [4.78, 5) is 35.5. The number of hydrogen-bond donors (Lipinski definition) is 1. The Hall–Kier alpha value is -2.26. The van der Waals surface area contributed by atoms with Crippen molar-refractivity contribution < 1.29 is 27.5 Å². The van der Waals surface area contributed by atoms with E-state index < -0.39 is 21.9 Å². The van der Waals surface area contributed by atoms with Crippen LogP contribution in [-0.2, 0) is 24.3 Å². The van der Waals surface area contributed by atoms with E-state index in [2.05, 4.69) is 5.32 Å². The van der Waals surface area contributed by atoms with Crippen LogP contribution in [0.3, 0.4) is 0 Å². The van der Waals surface area contributed by atoms with Crippen molar-refractivity contribution in [2.24, 2.45) is 5.92 Å². The number of nitrogens with zero attached hydrogens (tertiary/aromatic N) is 1. The first-order chi connectivity index (χ1) is 13.6. The van der Waals surface area contributed by atoms with E-state index >= 15 is 0 Å². The third-order valence-corrected chi connectivity index (χ3v) is 6.93. The van der Waals surface area contributed by atoms with Crippen LogP contribution < -0.4 is 5.32 Å². The van der Waals surface area contributed by atoms with E-state index in [1.54, 1.807) is 6.07 Å². The number of amides is 1. The van der Waals surface area contributed by atoms with E-state index in [4.69, 9.17) is 4.74 Å². The Balaban J connectivity index is 1.91. The van der Waals surface area contributed by atoms with Gasteiger partial charge in [-0.15, -0.1) is 0 Å². The van der Waals surface area contributed by atoms with Gasteiger partial charge in [0.2, 0.25) is 10.0 Å². The molecule has 0 unspecified atom stereocenters. The predicted molar refractivity (Wildman–Crippen MR) is 107 cm³/mol. The normalized spacial score (nSPS) is 16.8. The highest BCUT2D eigenvalue weighted by molar-refractivity contribution is 7.89. The Morgan fingerprint density at radius 1 is 1.24 bits per heavy atom. The Morgan fingerprint density at radius 3 is 2.48 bits per heavy atom. The summed E-state index contributed by atoms with van der Waals surface area (Å²) in [5.41, 5.74) is 0.334. The fourth-order valence-corrected chi connectivity index (χ4v) is 4.55. The second-order valence-corrected chi connectivity index (χ2v) is 9.18. The molecule has 0 aromatic heterocycles. The van der Waals surface area contributed by atoms with Gasteiger partial charge in [0.25, 0.3) is 5.91 Å². The van der Waals surface area contributed by atoms with Crippen LogP contribution >= 0.6 is 0 Å². The number of sulfonamides is 1. The zero-order valence-electron chi connectivity index (χ0n) is 17.0. The van der Waals surface area contributed by atoms with Gasteiger partial charge in [0, 0.05) is 24.7 Å². The molecule has 0 aliphatic carbocycles. The third-order valence-electron chi connectivity index (χ3n) is 5.03. The van der Waals surface area contributed by atoms with Crippen molar-refractivity contribution in [3.05, 3.63) is 29.8 Å². The maximum absolute atomic E-state index is 12.8. The van der Waals surface area contributed by atoms with Gasteiger partial charge in [0.15, 0.2) is 12.4 Å². The first-order valence-corrected chi connectivity index (χ1v) is 11.2. The molecule has 1 N–H and O–H groups in total. The van der Waals surface area contributed by atoms with Crippen LogP contribution in [0.4, 0.5) is 0 Å². The summed E-state index contributed by atoms with van der Waals surface area (Å²) in [6.45, 7) is 5.19. The molecule has 0 bridgehead atoms. The van der Waals surface area contributed by atoms with E-state index in [0.717, 1.165) is 6.42 Å². The van der Waals surface area contributed by atoms with Crippen LogP contribution in [0.5, 0.6) is 0 Å². The first kappa shape index (κ1) is 23.0. The molecule has 1 atom stereocenters. The molecule has 1 heterocycles. The summed E-state index contributed by atoms with van der Waals surface area (Å²) in [5.74, 6) is -1.49. The van der Waals surface area contributed by atoms with Gasteiger partial charge in [0.1, 0.15) is 0 Å². The van der Waals surface area contributed by atoms with Crippen molar-refractivity contribution in [2.75, 3.05) is 19.7 Å². The highest BCUT2D eigenvalue weighted by Gasteiger charge is 2.33. The molecule has 0 spiro atoms. The van der Waals surface area contributed by atoms with Crippen molar-refractivity contribution in [3.8, 4) is 0 Å². The Labute approximate surface area is 171 Å². The highest BCUT2D eigenvalue weighted by Crippen LogP contribution is 2.25. The summed E-state index contributed by atoms with van der Waals surface area (Å²) in [6, 6.07) is 5.95. The van der Waals surface area contributed by atoms with Gasteiger partial charge in [-0.1, -0.05) is 19.1 Å².